The van der Waals surface area contributed by atoms with Crippen molar-refractivity contribution < 1.29 is 14.3 Å². The standard InChI is InChI=1S/C18H24N2O3/c21-18(19-10-8-14-4-2-1-3-5-14)20-11-9-15-6-7-16-17(12-15)23-13-22-16/h4,6-7,12H,1-3,5,8-11,13H2,(H2,19,20,21). The van der Waals surface area contributed by atoms with Crippen molar-refractivity contribution in [1.82, 2.24) is 10.6 Å². The normalized spacial score (nSPS) is 15.9. The van der Waals surface area contributed by atoms with Gasteiger partial charge in [-0.05, 0) is 56.2 Å². The maximum absolute atomic E-state index is 11.8. The molecule has 0 saturated heterocycles. The van der Waals surface area contributed by atoms with E-state index in [-0.39, 0.29) is 12.8 Å². The van der Waals surface area contributed by atoms with Crippen LogP contribution in [0, 0.1) is 0 Å². The van der Waals surface area contributed by atoms with Gasteiger partial charge < -0.3 is 20.1 Å². The summed E-state index contributed by atoms with van der Waals surface area (Å²) in [5.74, 6) is 1.57. The highest BCUT2D eigenvalue weighted by molar-refractivity contribution is 5.73. The third kappa shape index (κ3) is 4.65. The molecule has 3 rings (SSSR count). The lowest BCUT2D eigenvalue weighted by Crippen LogP contribution is -2.37. The van der Waals surface area contributed by atoms with E-state index in [2.05, 4.69) is 16.7 Å². The number of urea groups is 1. The second-order valence-electron chi connectivity index (χ2n) is 5.98. The minimum atomic E-state index is -0.0952. The summed E-state index contributed by atoms with van der Waals surface area (Å²) in [7, 11) is 0. The number of benzene rings is 1. The van der Waals surface area contributed by atoms with Crippen molar-refractivity contribution >= 4 is 6.03 Å². The van der Waals surface area contributed by atoms with Crippen molar-refractivity contribution in [3.05, 3.63) is 35.4 Å². The van der Waals surface area contributed by atoms with Gasteiger partial charge in [-0.2, -0.15) is 0 Å². The highest BCUT2D eigenvalue weighted by Gasteiger charge is 2.13. The first-order valence-electron chi connectivity index (χ1n) is 8.39. The van der Waals surface area contributed by atoms with Gasteiger partial charge >= 0.3 is 6.03 Å². The van der Waals surface area contributed by atoms with Crippen molar-refractivity contribution in [3.63, 3.8) is 0 Å². The van der Waals surface area contributed by atoms with Crippen LogP contribution in [-0.2, 0) is 6.42 Å². The molecule has 2 N–H and O–H groups in total. The third-order valence-corrected chi connectivity index (χ3v) is 4.25. The van der Waals surface area contributed by atoms with Crippen LogP contribution < -0.4 is 20.1 Å². The number of hydrogen-bond acceptors (Lipinski definition) is 3. The first-order valence-corrected chi connectivity index (χ1v) is 8.39. The smallest absolute Gasteiger partial charge is 0.314 e. The zero-order chi connectivity index (χ0) is 15.9. The maximum Gasteiger partial charge on any atom is 0.314 e. The topological polar surface area (TPSA) is 59.6 Å². The van der Waals surface area contributed by atoms with E-state index in [0.717, 1.165) is 29.9 Å². The SMILES string of the molecule is O=C(NCCC1=CCCCC1)NCCc1ccc2c(c1)OCO2. The van der Waals surface area contributed by atoms with Crippen LogP contribution in [0.15, 0.2) is 29.8 Å². The molecule has 0 radical (unpaired) electrons. The van der Waals surface area contributed by atoms with E-state index in [1.165, 1.54) is 31.3 Å². The predicted molar refractivity (Wildman–Crippen MR) is 88.8 cm³/mol. The molecule has 1 aliphatic carbocycles. The highest BCUT2D eigenvalue weighted by Crippen LogP contribution is 2.32. The summed E-state index contributed by atoms with van der Waals surface area (Å²) < 4.78 is 10.6. The zero-order valence-electron chi connectivity index (χ0n) is 13.4. The van der Waals surface area contributed by atoms with Crippen LogP contribution in [0.4, 0.5) is 4.79 Å². The number of carbonyl (C=O) groups excluding carboxylic acids is 1. The Bertz CT molecular complexity index is 584. The molecule has 5 nitrogen and oxygen atoms in total. The number of ether oxygens (including phenoxy) is 2. The molecule has 2 amide bonds. The molecular weight excluding hydrogens is 292 g/mol. The molecule has 1 aromatic carbocycles. The van der Waals surface area contributed by atoms with Crippen LogP contribution in [0.5, 0.6) is 11.5 Å². The van der Waals surface area contributed by atoms with Crippen LogP contribution >= 0.6 is 0 Å². The third-order valence-electron chi connectivity index (χ3n) is 4.25. The summed E-state index contributed by atoms with van der Waals surface area (Å²) in [6.07, 6.45) is 9.03. The molecular formula is C18H24N2O3. The number of nitrogens with one attached hydrogen (secondary N) is 2. The highest BCUT2D eigenvalue weighted by atomic mass is 16.7. The second-order valence-corrected chi connectivity index (χ2v) is 5.98. The summed E-state index contributed by atoms with van der Waals surface area (Å²) >= 11 is 0. The second kappa shape index (κ2) is 7.90. The van der Waals surface area contributed by atoms with Gasteiger partial charge in [0.15, 0.2) is 11.5 Å². The molecule has 0 spiro atoms. The first kappa shape index (κ1) is 15.7. The fourth-order valence-corrected chi connectivity index (χ4v) is 2.95. The molecule has 1 aliphatic heterocycles. The van der Waals surface area contributed by atoms with Gasteiger partial charge in [0, 0.05) is 13.1 Å². The Hall–Kier alpha value is -2.17. The van der Waals surface area contributed by atoms with Crippen molar-refractivity contribution in [1.29, 1.82) is 0 Å². The van der Waals surface area contributed by atoms with E-state index in [9.17, 15) is 4.79 Å². The fourth-order valence-electron chi connectivity index (χ4n) is 2.95. The van der Waals surface area contributed by atoms with Crippen LogP contribution in [-0.4, -0.2) is 25.9 Å². The molecule has 0 atom stereocenters. The van der Waals surface area contributed by atoms with E-state index in [1.54, 1.807) is 0 Å². The van der Waals surface area contributed by atoms with Gasteiger partial charge in [-0.25, -0.2) is 4.79 Å². The van der Waals surface area contributed by atoms with Gasteiger partial charge in [-0.3, -0.25) is 0 Å². The van der Waals surface area contributed by atoms with Crippen molar-refractivity contribution in [2.45, 2.75) is 38.5 Å². The first-order chi connectivity index (χ1) is 11.3. The average Bonchev–Trinajstić information content (AvgIpc) is 3.03. The number of fused-ring (bicyclic) bond motifs is 1. The Balaban J connectivity index is 1.32. The minimum absolute atomic E-state index is 0.0952. The summed E-state index contributed by atoms with van der Waals surface area (Å²) in [4.78, 5) is 11.8. The van der Waals surface area contributed by atoms with E-state index >= 15 is 0 Å². The minimum Gasteiger partial charge on any atom is -0.454 e. The average molecular weight is 316 g/mol. The zero-order valence-corrected chi connectivity index (χ0v) is 13.4. The molecule has 2 aliphatic rings. The number of rotatable bonds is 6. The van der Waals surface area contributed by atoms with Gasteiger partial charge in [0.2, 0.25) is 6.79 Å². The fraction of sp³-hybridized carbons (Fsp3) is 0.500. The van der Waals surface area contributed by atoms with E-state index < -0.39 is 0 Å². The molecule has 0 bridgehead atoms. The van der Waals surface area contributed by atoms with Crippen LogP contribution in [0.2, 0.25) is 0 Å². The van der Waals surface area contributed by atoms with E-state index in [0.29, 0.717) is 13.1 Å². The molecule has 0 unspecified atom stereocenters. The Kier molecular flexibility index (Phi) is 5.40. The van der Waals surface area contributed by atoms with Crippen LogP contribution in [0.3, 0.4) is 0 Å². The van der Waals surface area contributed by atoms with Crippen molar-refractivity contribution in [3.8, 4) is 11.5 Å². The molecule has 23 heavy (non-hydrogen) atoms. The van der Waals surface area contributed by atoms with Gasteiger partial charge in [-0.1, -0.05) is 17.7 Å². The number of amides is 2. The van der Waals surface area contributed by atoms with Gasteiger partial charge in [0.25, 0.3) is 0 Å². The van der Waals surface area contributed by atoms with Crippen LogP contribution in [0.1, 0.15) is 37.7 Å². The van der Waals surface area contributed by atoms with E-state index in [1.807, 2.05) is 18.2 Å². The Morgan fingerprint density at radius 3 is 2.70 bits per heavy atom. The quantitative estimate of drug-likeness (QED) is 0.793. The molecule has 1 aromatic rings. The molecule has 0 aromatic heterocycles. The lowest BCUT2D eigenvalue weighted by atomic mass is 9.97. The number of carbonyl (C=O) groups is 1. The van der Waals surface area contributed by atoms with E-state index in [4.69, 9.17) is 9.47 Å². The monoisotopic (exact) mass is 316 g/mol. The summed E-state index contributed by atoms with van der Waals surface area (Å²) in [5, 5.41) is 5.82. The molecule has 124 valence electrons. The summed E-state index contributed by atoms with van der Waals surface area (Å²) in [6, 6.07) is 5.79. The molecule has 0 saturated carbocycles. The lowest BCUT2D eigenvalue weighted by Gasteiger charge is -2.13. The maximum atomic E-state index is 11.8. The molecule has 5 heteroatoms. The van der Waals surface area contributed by atoms with Gasteiger partial charge in [0.1, 0.15) is 0 Å². The van der Waals surface area contributed by atoms with Gasteiger partial charge in [-0.15, -0.1) is 0 Å². The Morgan fingerprint density at radius 1 is 1.04 bits per heavy atom. The van der Waals surface area contributed by atoms with Gasteiger partial charge in [0.05, 0.1) is 0 Å². The largest absolute Gasteiger partial charge is 0.454 e. The number of allylic oxidation sites excluding steroid dienone is 1. The molecule has 0 fully saturated rings. The Morgan fingerprint density at radius 2 is 1.87 bits per heavy atom. The summed E-state index contributed by atoms with van der Waals surface area (Å²) in [5.41, 5.74) is 2.61. The van der Waals surface area contributed by atoms with Crippen LogP contribution in [0.25, 0.3) is 0 Å². The number of hydrogen-bond donors (Lipinski definition) is 2. The van der Waals surface area contributed by atoms with Crippen molar-refractivity contribution in [2.75, 3.05) is 19.9 Å². The van der Waals surface area contributed by atoms with Crippen molar-refractivity contribution in [2.24, 2.45) is 0 Å². The predicted octanol–water partition coefficient (Wildman–Crippen LogP) is 3.15. The lowest BCUT2D eigenvalue weighted by molar-refractivity contribution is 0.174. The Labute approximate surface area is 137 Å². The summed E-state index contributed by atoms with van der Waals surface area (Å²) in [6.45, 7) is 1.60. The molecule has 1 heterocycles.